The Kier molecular flexibility index (Phi) is 5.22. The van der Waals surface area contributed by atoms with E-state index < -0.39 is 5.78 Å². The van der Waals surface area contributed by atoms with Crippen LogP contribution in [0.4, 0.5) is 0 Å². The van der Waals surface area contributed by atoms with Crippen molar-refractivity contribution >= 4 is 12.1 Å². The van der Waals surface area contributed by atoms with Crippen molar-refractivity contribution in [3.63, 3.8) is 0 Å². The van der Waals surface area contributed by atoms with Crippen molar-refractivity contribution in [1.82, 2.24) is 0 Å². The number of ketones is 1. The fourth-order valence-corrected chi connectivity index (χ4v) is 2.27. The van der Waals surface area contributed by atoms with E-state index in [1.165, 1.54) is 0 Å². The normalized spacial score (nSPS) is 10.1. The first-order valence-corrected chi connectivity index (χ1v) is 7.79. The van der Waals surface area contributed by atoms with Gasteiger partial charge in [0.1, 0.15) is 23.9 Å². The minimum absolute atomic E-state index is 0.300. The van der Waals surface area contributed by atoms with E-state index in [-0.39, 0.29) is 0 Å². The lowest BCUT2D eigenvalue weighted by Crippen LogP contribution is -2.00. The highest BCUT2D eigenvalue weighted by atomic mass is 16.5. The van der Waals surface area contributed by atoms with Gasteiger partial charge in [-0.1, -0.05) is 30.3 Å². The molecule has 0 fully saturated rings. The molecule has 0 aromatic heterocycles. The van der Waals surface area contributed by atoms with E-state index in [4.69, 9.17) is 9.47 Å². The molecule has 0 aliphatic rings. The van der Waals surface area contributed by atoms with E-state index in [9.17, 15) is 9.59 Å². The molecule has 0 atom stereocenters. The van der Waals surface area contributed by atoms with E-state index in [2.05, 4.69) is 0 Å². The summed E-state index contributed by atoms with van der Waals surface area (Å²) in [6.07, 6.45) is 0.300. The lowest BCUT2D eigenvalue weighted by Gasteiger charge is -2.09. The number of benzene rings is 3. The number of ether oxygens (including phenoxy) is 2. The number of hydrogen-bond acceptors (Lipinski definition) is 4. The summed E-state index contributed by atoms with van der Waals surface area (Å²) in [6, 6.07) is 23.7. The Hall–Kier alpha value is -3.40. The van der Waals surface area contributed by atoms with Crippen LogP contribution in [0.2, 0.25) is 0 Å². The maximum Gasteiger partial charge on any atom is 0.225 e. The molecule has 4 heteroatoms. The first kappa shape index (κ1) is 16.5. The molecule has 3 rings (SSSR count). The second kappa shape index (κ2) is 7.93. The van der Waals surface area contributed by atoms with Crippen LogP contribution in [0.25, 0.3) is 0 Å². The summed E-state index contributed by atoms with van der Waals surface area (Å²) in [5.74, 6) is 1.59. The van der Waals surface area contributed by atoms with Crippen LogP contribution in [0.5, 0.6) is 17.2 Å². The van der Waals surface area contributed by atoms with E-state index >= 15 is 0 Å². The maximum atomic E-state index is 11.3. The number of hydrogen-bond donors (Lipinski definition) is 0. The monoisotopic (exact) mass is 332 g/mol. The molecule has 0 saturated carbocycles. The van der Waals surface area contributed by atoms with Gasteiger partial charge in [0, 0.05) is 5.56 Å². The standard InChI is InChI=1S/C21H16O4/c22-14-21(23)17-9-11-18(12-10-17)24-15-16-5-4-8-20(13-16)25-19-6-2-1-3-7-19/h1-14H,15H2. The van der Waals surface area contributed by atoms with E-state index in [0.29, 0.717) is 24.2 Å². The van der Waals surface area contributed by atoms with Gasteiger partial charge < -0.3 is 9.47 Å². The topological polar surface area (TPSA) is 52.6 Å². The predicted octanol–water partition coefficient (Wildman–Crippen LogP) is 4.44. The molecule has 0 amide bonds. The van der Waals surface area contributed by atoms with Crippen LogP contribution in [0.15, 0.2) is 78.9 Å². The number of aldehydes is 1. The highest BCUT2D eigenvalue weighted by Crippen LogP contribution is 2.22. The molecule has 0 N–H and O–H groups in total. The van der Waals surface area contributed by atoms with Gasteiger partial charge in [0.15, 0.2) is 6.29 Å². The molecule has 4 nitrogen and oxygen atoms in total. The van der Waals surface area contributed by atoms with Gasteiger partial charge in [-0.05, 0) is 54.1 Å². The van der Waals surface area contributed by atoms with Gasteiger partial charge in [-0.25, -0.2) is 0 Å². The Labute approximate surface area is 145 Å². The second-order valence-electron chi connectivity index (χ2n) is 5.36. The number of para-hydroxylation sites is 1. The Balaban J connectivity index is 1.62. The fraction of sp³-hybridized carbons (Fsp3) is 0.0476. The quantitative estimate of drug-likeness (QED) is 0.365. The van der Waals surface area contributed by atoms with Gasteiger partial charge >= 0.3 is 0 Å². The molecule has 0 spiro atoms. The number of carbonyl (C=O) groups is 2. The van der Waals surface area contributed by atoms with Crippen molar-refractivity contribution in [1.29, 1.82) is 0 Å². The smallest absolute Gasteiger partial charge is 0.225 e. The average molecular weight is 332 g/mol. The fourth-order valence-electron chi connectivity index (χ4n) is 2.27. The second-order valence-corrected chi connectivity index (χ2v) is 5.36. The number of Topliss-reactive ketones (excluding diaryl/α,β-unsaturated/α-hetero) is 1. The molecule has 0 bridgehead atoms. The Morgan fingerprint density at radius 1 is 0.800 bits per heavy atom. The Morgan fingerprint density at radius 3 is 2.24 bits per heavy atom. The molecule has 0 aliphatic heterocycles. The third-order valence-electron chi connectivity index (χ3n) is 3.53. The van der Waals surface area contributed by atoms with Gasteiger partial charge in [-0.15, -0.1) is 0 Å². The summed E-state index contributed by atoms with van der Waals surface area (Å²) in [6.45, 7) is 0.368. The summed E-state index contributed by atoms with van der Waals surface area (Å²) in [5.41, 5.74) is 1.31. The van der Waals surface area contributed by atoms with Crippen LogP contribution < -0.4 is 9.47 Å². The van der Waals surface area contributed by atoms with Crippen molar-refractivity contribution in [3.8, 4) is 17.2 Å². The highest BCUT2D eigenvalue weighted by Gasteiger charge is 2.04. The van der Waals surface area contributed by atoms with Crippen LogP contribution >= 0.6 is 0 Å². The molecule has 3 aromatic carbocycles. The summed E-state index contributed by atoms with van der Waals surface area (Å²) < 4.78 is 11.5. The molecular weight excluding hydrogens is 316 g/mol. The number of carbonyl (C=O) groups excluding carboxylic acids is 2. The molecule has 124 valence electrons. The van der Waals surface area contributed by atoms with Gasteiger partial charge in [-0.2, -0.15) is 0 Å². The van der Waals surface area contributed by atoms with Crippen molar-refractivity contribution in [2.75, 3.05) is 0 Å². The lowest BCUT2D eigenvalue weighted by molar-refractivity contribution is -0.104. The summed E-state index contributed by atoms with van der Waals surface area (Å²) in [4.78, 5) is 21.7. The maximum absolute atomic E-state index is 11.3. The first-order valence-electron chi connectivity index (χ1n) is 7.79. The summed E-state index contributed by atoms with van der Waals surface area (Å²) in [5, 5.41) is 0. The van der Waals surface area contributed by atoms with Crippen LogP contribution in [0.1, 0.15) is 15.9 Å². The van der Waals surface area contributed by atoms with Crippen LogP contribution in [0, 0.1) is 0 Å². The molecule has 0 radical (unpaired) electrons. The summed E-state index contributed by atoms with van der Waals surface area (Å²) in [7, 11) is 0. The summed E-state index contributed by atoms with van der Waals surface area (Å²) >= 11 is 0. The van der Waals surface area contributed by atoms with Crippen LogP contribution in [-0.4, -0.2) is 12.1 Å². The minimum Gasteiger partial charge on any atom is -0.489 e. The van der Waals surface area contributed by atoms with Crippen LogP contribution in [-0.2, 0) is 11.4 Å². The molecule has 25 heavy (non-hydrogen) atoms. The van der Waals surface area contributed by atoms with Gasteiger partial charge in [0.25, 0.3) is 0 Å². The largest absolute Gasteiger partial charge is 0.489 e. The third-order valence-corrected chi connectivity index (χ3v) is 3.53. The Bertz CT molecular complexity index is 855. The van der Waals surface area contributed by atoms with Gasteiger partial charge in [-0.3, -0.25) is 9.59 Å². The SMILES string of the molecule is O=CC(=O)c1ccc(OCc2cccc(Oc3ccccc3)c2)cc1. The van der Waals surface area contributed by atoms with Gasteiger partial charge in [0.05, 0.1) is 0 Å². The van der Waals surface area contributed by atoms with E-state index in [1.54, 1.807) is 24.3 Å². The van der Waals surface area contributed by atoms with Crippen molar-refractivity contribution < 1.29 is 19.1 Å². The molecule has 3 aromatic rings. The number of rotatable bonds is 7. The zero-order chi connectivity index (χ0) is 17.5. The Morgan fingerprint density at radius 2 is 1.52 bits per heavy atom. The predicted molar refractivity (Wildman–Crippen MR) is 94.1 cm³/mol. The van der Waals surface area contributed by atoms with Crippen molar-refractivity contribution in [3.05, 3.63) is 90.0 Å². The first-order chi connectivity index (χ1) is 12.2. The zero-order valence-electron chi connectivity index (χ0n) is 13.4. The van der Waals surface area contributed by atoms with Crippen molar-refractivity contribution in [2.24, 2.45) is 0 Å². The zero-order valence-corrected chi connectivity index (χ0v) is 13.4. The van der Waals surface area contributed by atoms with Crippen LogP contribution in [0.3, 0.4) is 0 Å². The third kappa shape index (κ3) is 4.54. The van der Waals surface area contributed by atoms with Crippen molar-refractivity contribution in [2.45, 2.75) is 6.61 Å². The molecule has 0 aliphatic carbocycles. The van der Waals surface area contributed by atoms with Gasteiger partial charge in [0.2, 0.25) is 5.78 Å². The molecular formula is C21H16O4. The highest BCUT2D eigenvalue weighted by molar-refractivity contribution is 6.33. The molecule has 0 unspecified atom stereocenters. The molecule has 0 saturated heterocycles. The molecule has 0 heterocycles. The lowest BCUT2D eigenvalue weighted by atomic mass is 10.1. The average Bonchev–Trinajstić information content (AvgIpc) is 2.67. The minimum atomic E-state index is -0.544. The van der Waals surface area contributed by atoms with E-state index in [1.807, 2.05) is 54.6 Å². The van der Waals surface area contributed by atoms with E-state index in [0.717, 1.165) is 17.1 Å².